The Hall–Kier alpha value is -2.17. The van der Waals surface area contributed by atoms with Crippen molar-refractivity contribution in [2.75, 3.05) is 19.5 Å². The molecule has 0 spiro atoms. The number of ether oxygens (including phenoxy) is 1. The van der Waals surface area contributed by atoms with Gasteiger partial charge in [-0.25, -0.2) is 0 Å². The zero-order valence-electron chi connectivity index (χ0n) is 11.0. The van der Waals surface area contributed by atoms with E-state index >= 15 is 0 Å². The van der Waals surface area contributed by atoms with Gasteiger partial charge in [0.2, 0.25) is 0 Å². The van der Waals surface area contributed by atoms with Gasteiger partial charge in [0.25, 0.3) is 0 Å². The fraction of sp³-hybridized carbons (Fsp3) is 0.308. The van der Waals surface area contributed by atoms with E-state index in [0.717, 1.165) is 28.2 Å². The Morgan fingerprint density at radius 2 is 1.89 bits per heavy atom. The molecule has 2 rings (SSSR count). The summed E-state index contributed by atoms with van der Waals surface area (Å²) in [6, 6.07) is 1.91. The maximum absolute atomic E-state index is 5.17. The Balaban J connectivity index is 2.54. The maximum Gasteiger partial charge on any atom is 0.151 e. The van der Waals surface area contributed by atoms with Gasteiger partial charge in [-0.2, -0.15) is 0 Å². The summed E-state index contributed by atoms with van der Waals surface area (Å²) in [6.07, 6.45) is 3.43. The van der Waals surface area contributed by atoms with Crippen LogP contribution in [-0.2, 0) is 0 Å². The van der Waals surface area contributed by atoms with E-state index in [1.54, 1.807) is 19.5 Å². The zero-order chi connectivity index (χ0) is 13.1. The van der Waals surface area contributed by atoms with Crippen molar-refractivity contribution in [3.8, 4) is 17.0 Å². The first-order valence-corrected chi connectivity index (χ1v) is 5.68. The minimum atomic E-state index is 0.712. The lowest BCUT2D eigenvalue weighted by molar-refractivity contribution is 0.413. The highest BCUT2D eigenvalue weighted by molar-refractivity contribution is 5.66. The van der Waals surface area contributed by atoms with E-state index < -0.39 is 0 Å². The van der Waals surface area contributed by atoms with Gasteiger partial charge in [0.05, 0.1) is 19.0 Å². The molecule has 0 atom stereocenters. The Labute approximate surface area is 106 Å². The van der Waals surface area contributed by atoms with Gasteiger partial charge >= 0.3 is 0 Å². The van der Waals surface area contributed by atoms with Crippen molar-refractivity contribution in [2.24, 2.45) is 0 Å². The molecule has 2 aromatic rings. The monoisotopic (exact) mass is 244 g/mol. The van der Waals surface area contributed by atoms with E-state index in [2.05, 4.69) is 20.5 Å². The van der Waals surface area contributed by atoms with Crippen LogP contribution in [0.2, 0.25) is 0 Å². The normalized spacial score (nSPS) is 10.2. The zero-order valence-corrected chi connectivity index (χ0v) is 11.0. The second-order valence-corrected chi connectivity index (χ2v) is 4.01. The van der Waals surface area contributed by atoms with E-state index in [0.29, 0.717) is 5.75 Å². The molecule has 0 saturated carbocycles. The van der Waals surface area contributed by atoms with Gasteiger partial charge in [0.1, 0.15) is 5.75 Å². The SMILES string of the molecule is CNc1nnc(-c2cncc(OC)c2)c(C)c1C. The molecular formula is C13H16N4O. The first-order chi connectivity index (χ1) is 8.67. The molecule has 0 bridgehead atoms. The number of nitrogens with one attached hydrogen (secondary N) is 1. The number of hydrogen-bond donors (Lipinski definition) is 1. The molecule has 2 aromatic heterocycles. The van der Waals surface area contributed by atoms with Crippen molar-refractivity contribution < 1.29 is 4.74 Å². The number of nitrogens with zero attached hydrogens (tertiary/aromatic N) is 3. The predicted octanol–water partition coefficient (Wildman–Crippen LogP) is 2.21. The van der Waals surface area contributed by atoms with E-state index in [4.69, 9.17) is 4.74 Å². The Kier molecular flexibility index (Phi) is 3.41. The lowest BCUT2D eigenvalue weighted by Crippen LogP contribution is -2.02. The maximum atomic E-state index is 5.17. The van der Waals surface area contributed by atoms with Crippen LogP contribution in [0.1, 0.15) is 11.1 Å². The standard InChI is InChI=1S/C13H16N4O/c1-8-9(2)13(14-3)17-16-12(8)10-5-11(18-4)7-15-6-10/h5-7H,1-4H3,(H,14,17). The number of aromatic nitrogens is 3. The summed E-state index contributed by atoms with van der Waals surface area (Å²) < 4.78 is 5.17. The lowest BCUT2D eigenvalue weighted by Gasteiger charge is -2.11. The van der Waals surface area contributed by atoms with Gasteiger partial charge in [-0.15, -0.1) is 10.2 Å². The Bertz CT molecular complexity index is 569. The molecule has 0 aliphatic carbocycles. The van der Waals surface area contributed by atoms with E-state index in [9.17, 15) is 0 Å². The second-order valence-electron chi connectivity index (χ2n) is 4.01. The molecule has 0 saturated heterocycles. The van der Waals surface area contributed by atoms with Gasteiger partial charge in [-0.05, 0) is 31.0 Å². The van der Waals surface area contributed by atoms with Crippen molar-refractivity contribution >= 4 is 5.82 Å². The Morgan fingerprint density at radius 1 is 1.11 bits per heavy atom. The van der Waals surface area contributed by atoms with Crippen LogP contribution in [0.3, 0.4) is 0 Å². The van der Waals surface area contributed by atoms with Crippen molar-refractivity contribution in [3.05, 3.63) is 29.6 Å². The smallest absolute Gasteiger partial charge is 0.151 e. The molecule has 0 unspecified atom stereocenters. The molecule has 0 amide bonds. The summed E-state index contributed by atoms with van der Waals surface area (Å²) in [4.78, 5) is 4.14. The van der Waals surface area contributed by atoms with Gasteiger partial charge < -0.3 is 10.1 Å². The number of methoxy groups -OCH3 is 1. The van der Waals surface area contributed by atoms with Crippen LogP contribution in [0.25, 0.3) is 11.3 Å². The van der Waals surface area contributed by atoms with E-state index in [1.807, 2.05) is 27.0 Å². The van der Waals surface area contributed by atoms with Crippen LogP contribution in [0.5, 0.6) is 5.75 Å². The van der Waals surface area contributed by atoms with Gasteiger partial charge in [-0.1, -0.05) is 0 Å². The van der Waals surface area contributed by atoms with Crippen molar-refractivity contribution in [1.29, 1.82) is 0 Å². The van der Waals surface area contributed by atoms with Crippen LogP contribution in [-0.4, -0.2) is 29.3 Å². The van der Waals surface area contributed by atoms with Crippen molar-refractivity contribution in [1.82, 2.24) is 15.2 Å². The van der Waals surface area contributed by atoms with E-state index in [-0.39, 0.29) is 0 Å². The van der Waals surface area contributed by atoms with Crippen LogP contribution < -0.4 is 10.1 Å². The molecular weight excluding hydrogens is 228 g/mol. The fourth-order valence-corrected chi connectivity index (χ4v) is 1.78. The van der Waals surface area contributed by atoms with Crippen LogP contribution in [0, 0.1) is 13.8 Å². The van der Waals surface area contributed by atoms with Crippen LogP contribution >= 0.6 is 0 Å². The average Bonchev–Trinajstić information content (AvgIpc) is 2.42. The minimum absolute atomic E-state index is 0.712. The molecule has 0 radical (unpaired) electrons. The third-order valence-electron chi connectivity index (χ3n) is 2.98. The summed E-state index contributed by atoms with van der Waals surface area (Å²) in [7, 11) is 3.46. The predicted molar refractivity (Wildman–Crippen MR) is 70.8 cm³/mol. The van der Waals surface area contributed by atoms with Crippen molar-refractivity contribution in [3.63, 3.8) is 0 Å². The highest BCUT2D eigenvalue weighted by Crippen LogP contribution is 2.27. The number of anilines is 1. The molecule has 0 fully saturated rings. The molecule has 18 heavy (non-hydrogen) atoms. The fourth-order valence-electron chi connectivity index (χ4n) is 1.78. The van der Waals surface area contributed by atoms with Gasteiger partial charge in [0.15, 0.2) is 5.82 Å². The van der Waals surface area contributed by atoms with Crippen molar-refractivity contribution in [2.45, 2.75) is 13.8 Å². The van der Waals surface area contributed by atoms with Crippen LogP contribution in [0.4, 0.5) is 5.82 Å². The highest BCUT2D eigenvalue weighted by Gasteiger charge is 2.11. The molecule has 1 N–H and O–H groups in total. The molecule has 0 aliphatic rings. The summed E-state index contributed by atoms with van der Waals surface area (Å²) in [5, 5.41) is 11.4. The minimum Gasteiger partial charge on any atom is -0.495 e. The topological polar surface area (TPSA) is 59.9 Å². The third-order valence-corrected chi connectivity index (χ3v) is 2.98. The van der Waals surface area contributed by atoms with E-state index in [1.165, 1.54) is 0 Å². The second kappa shape index (κ2) is 5.00. The van der Waals surface area contributed by atoms with Gasteiger partial charge in [-0.3, -0.25) is 4.98 Å². The van der Waals surface area contributed by atoms with Crippen LogP contribution in [0.15, 0.2) is 18.5 Å². The summed E-state index contributed by atoms with van der Waals surface area (Å²) in [5.74, 6) is 1.51. The average molecular weight is 244 g/mol. The summed E-state index contributed by atoms with van der Waals surface area (Å²) in [5.41, 5.74) is 3.91. The third kappa shape index (κ3) is 2.11. The Morgan fingerprint density at radius 3 is 2.56 bits per heavy atom. The van der Waals surface area contributed by atoms with Gasteiger partial charge in [0, 0.05) is 18.8 Å². The molecule has 2 heterocycles. The molecule has 5 heteroatoms. The number of rotatable bonds is 3. The summed E-state index contributed by atoms with van der Waals surface area (Å²) >= 11 is 0. The highest BCUT2D eigenvalue weighted by atomic mass is 16.5. The molecule has 0 aliphatic heterocycles. The lowest BCUT2D eigenvalue weighted by atomic mass is 10.1. The largest absolute Gasteiger partial charge is 0.495 e. The molecule has 94 valence electrons. The first-order valence-electron chi connectivity index (χ1n) is 5.68. The molecule has 5 nitrogen and oxygen atoms in total. The number of hydrogen-bond acceptors (Lipinski definition) is 5. The quantitative estimate of drug-likeness (QED) is 0.897. The summed E-state index contributed by atoms with van der Waals surface area (Å²) in [6.45, 7) is 4.05. The first kappa shape index (κ1) is 12.3. The molecule has 0 aromatic carbocycles. The number of pyridine rings is 1.